The first kappa shape index (κ1) is 65.7. The van der Waals surface area contributed by atoms with E-state index in [2.05, 4.69) is 373 Å². The second-order valence-corrected chi connectivity index (χ2v) is 37.0. The van der Waals surface area contributed by atoms with Crippen LogP contribution in [0.2, 0.25) is 0 Å². The highest BCUT2D eigenvalue weighted by molar-refractivity contribution is 7.00. The minimum Gasteiger partial charge on any atom is -0.311 e. The lowest BCUT2D eigenvalue weighted by Crippen LogP contribution is -2.61. The van der Waals surface area contributed by atoms with Crippen molar-refractivity contribution in [3.05, 3.63) is 233 Å². The van der Waals surface area contributed by atoms with Crippen molar-refractivity contribution in [1.82, 2.24) is 9.13 Å². The molecule has 0 saturated carbocycles. The number of benzene rings is 10. The van der Waals surface area contributed by atoms with Gasteiger partial charge in [-0.1, -0.05) is 263 Å². The maximum absolute atomic E-state index is 2.70. The lowest BCUT2D eigenvalue weighted by molar-refractivity contribution is 0.568. The van der Waals surface area contributed by atoms with E-state index in [4.69, 9.17) is 0 Å². The molecule has 2 aromatic heterocycles. The summed E-state index contributed by atoms with van der Waals surface area (Å²) in [7, 11) is 0. The van der Waals surface area contributed by atoms with E-state index in [0.29, 0.717) is 0 Å². The van der Waals surface area contributed by atoms with E-state index < -0.39 is 0 Å². The number of nitrogens with zero attached hydrogens (tertiary/aromatic N) is 4. The first-order valence-corrected chi connectivity index (χ1v) is 35.8. The fourth-order valence-electron chi connectivity index (χ4n) is 15.3. The number of para-hydroxylation sites is 2. The molecule has 0 radical (unpaired) electrons. The largest absolute Gasteiger partial charge is 0.311 e. The van der Waals surface area contributed by atoms with Crippen LogP contribution in [-0.2, 0) is 43.3 Å². The van der Waals surface area contributed by atoms with Crippen LogP contribution in [0.5, 0.6) is 0 Å². The molecule has 12 aromatic rings. The van der Waals surface area contributed by atoms with Gasteiger partial charge in [-0.3, -0.25) is 0 Å². The van der Waals surface area contributed by atoms with E-state index in [-0.39, 0.29) is 50.0 Å². The van der Waals surface area contributed by atoms with Gasteiger partial charge in [-0.25, -0.2) is 0 Å². The molecule has 97 heavy (non-hydrogen) atoms. The van der Waals surface area contributed by atoms with Crippen molar-refractivity contribution in [2.75, 3.05) is 9.80 Å². The molecule has 0 aliphatic carbocycles. The van der Waals surface area contributed by atoms with Gasteiger partial charge in [0.1, 0.15) is 0 Å². The summed E-state index contributed by atoms with van der Waals surface area (Å²) in [6.45, 7) is 56.6. The number of aromatic nitrogens is 2. The summed E-state index contributed by atoms with van der Waals surface area (Å²) in [6.07, 6.45) is 0. The van der Waals surface area contributed by atoms with Gasteiger partial charge in [0.05, 0.1) is 27.8 Å². The lowest BCUT2D eigenvalue weighted by Gasteiger charge is -2.45. The Morgan fingerprint density at radius 1 is 0.227 bits per heavy atom. The molecule has 0 atom stereocenters. The smallest absolute Gasteiger partial charge is 0.252 e. The number of rotatable bonds is 5. The van der Waals surface area contributed by atoms with E-state index in [0.717, 1.165) is 17.1 Å². The highest BCUT2D eigenvalue weighted by Crippen LogP contribution is 2.51. The van der Waals surface area contributed by atoms with Crippen LogP contribution in [0.3, 0.4) is 0 Å². The van der Waals surface area contributed by atoms with Gasteiger partial charge >= 0.3 is 0 Å². The van der Waals surface area contributed by atoms with Crippen molar-refractivity contribution in [2.24, 2.45) is 0 Å². The second kappa shape index (κ2) is 22.0. The molecule has 0 N–H and O–H groups in total. The van der Waals surface area contributed by atoms with Crippen molar-refractivity contribution in [3.8, 4) is 22.5 Å². The maximum atomic E-state index is 2.70. The van der Waals surface area contributed by atoms with E-state index in [9.17, 15) is 0 Å². The molecule has 0 fully saturated rings. The van der Waals surface area contributed by atoms with Gasteiger partial charge in [-0.15, -0.1) is 0 Å². The van der Waals surface area contributed by atoms with Crippen molar-refractivity contribution in [3.63, 3.8) is 0 Å². The molecule has 0 spiro atoms. The fourth-order valence-corrected chi connectivity index (χ4v) is 15.3. The number of anilines is 6. The Labute approximate surface area is 580 Å². The average Bonchev–Trinajstić information content (AvgIpc) is 1.14. The van der Waals surface area contributed by atoms with Gasteiger partial charge in [-0.05, 0) is 206 Å². The van der Waals surface area contributed by atoms with Crippen LogP contribution in [0.15, 0.2) is 188 Å². The Morgan fingerprint density at radius 3 is 0.948 bits per heavy atom. The summed E-state index contributed by atoms with van der Waals surface area (Å²) in [5.74, 6) is 0. The van der Waals surface area contributed by atoms with Crippen LogP contribution in [-0.4, -0.2) is 15.8 Å². The minimum absolute atomic E-state index is 0.0306. The van der Waals surface area contributed by atoms with E-state index >= 15 is 0 Å². The van der Waals surface area contributed by atoms with Crippen LogP contribution in [0.4, 0.5) is 34.1 Å². The summed E-state index contributed by atoms with van der Waals surface area (Å²) in [5.41, 5.74) is 30.3. The summed E-state index contributed by atoms with van der Waals surface area (Å²) >= 11 is 0. The highest BCUT2D eigenvalue weighted by atomic mass is 15.2. The molecule has 2 aliphatic rings. The normalized spacial score (nSPS) is 14.1. The summed E-state index contributed by atoms with van der Waals surface area (Å²) in [6, 6.07) is 75.3. The Balaban J connectivity index is 1.17. The first-order valence-electron chi connectivity index (χ1n) is 35.8. The topological polar surface area (TPSA) is 16.3 Å². The van der Waals surface area contributed by atoms with E-state index in [1.165, 1.54) is 144 Å². The molecule has 0 bridgehead atoms. The van der Waals surface area contributed by atoms with Crippen LogP contribution in [0.25, 0.3) is 66.1 Å². The van der Waals surface area contributed by atoms with Crippen molar-refractivity contribution >= 4 is 101 Å². The van der Waals surface area contributed by atoms with Crippen LogP contribution in [0, 0.1) is 0 Å². The van der Waals surface area contributed by atoms with E-state index in [1.807, 2.05) is 0 Å². The fraction of sp³-hybridized carbons (Fsp3) is 0.348. The van der Waals surface area contributed by atoms with Crippen molar-refractivity contribution < 1.29 is 0 Å². The van der Waals surface area contributed by atoms with Crippen LogP contribution >= 0.6 is 0 Å². The summed E-state index contributed by atoms with van der Waals surface area (Å²) < 4.78 is 5.13. The lowest BCUT2D eigenvalue weighted by atomic mass is 9.33. The van der Waals surface area contributed by atoms with Gasteiger partial charge in [-0.2, -0.15) is 0 Å². The zero-order valence-corrected chi connectivity index (χ0v) is 62.8. The molecular formula is C92H103BN4. The third-order valence-corrected chi connectivity index (χ3v) is 21.4. The average molecular weight is 1280 g/mol. The molecule has 5 heteroatoms. The van der Waals surface area contributed by atoms with Crippen molar-refractivity contribution in [2.45, 2.75) is 209 Å². The molecule has 0 saturated heterocycles. The van der Waals surface area contributed by atoms with Gasteiger partial charge in [0, 0.05) is 61.4 Å². The van der Waals surface area contributed by atoms with E-state index in [1.54, 1.807) is 0 Å². The molecule has 14 rings (SSSR count). The zero-order chi connectivity index (χ0) is 69.6. The molecule has 0 unspecified atom stereocenters. The van der Waals surface area contributed by atoms with Gasteiger partial charge in [0.25, 0.3) is 6.71 Å². The van der Waals surface area contributed by atoms with Crippen LogP contribution < -0.4 is 26.2 Å². The molecular weight excluding hydrogens is 1170 g/mol. The predicted octanol–water partition coefficient (Wildman–Crippen LogP) is 24.0. The molecule has 10 aromatic carbocycles. The molecule has 4 heterocycles. The number of fused-ring (bicyclic) bond motifs is 10. The van der Waals surface area contributed by atoms with Gasteiger partial charge in [0.15, 0.2) is 0 Å². The SMILES string of the molecule is CC(C)(C)c1cc(-c2ccc3c(c2)N(c2cc(C(C)(C)C)cc(C(C)(C)C)c2)c2cc(-n4c5ccccc5c5ccccc54)cc4c2B3c2ccc(-n3c5ccc(C(C)(C)C)cc5c5cc(C(C)(C)C)ccc53)cc2N4c2cc(C(C)(C)C)cc(C(C)(C)C)c2)cc(C(C)(C)C)c1. The Kier molecular flexibility index (Phi) is 14.9. The third kappa shape index (κ3) is 11.3. The van der Waals surface area contributed by atoms with Gasteiger partial charge in [0.2, 0.25) is 0 Å². The molecule has 4 nitrogen and oxygen atoms in total. The Morgan fingerprint density at radius 2 is 0.557 bits per heavy atom. The monoisotopic (exact) mass is 1270 g/mol. The standard InChI is InChI=1S/C92H103BN4/c1-85(2,3)58-34-39-78-72(51-58)73-52-59(86(4,5)6)35-40-79(73)94(78)66-36-38-75-81(53-66)97(68-49-64(91(19,20)21)46-65(50-68)92(22,23)24)83-55-69(95-76-31-27-25-29-70(76)71-30-26-28-32-77(71)95)54-82-84(83)93(75)74-37-33-56(57-41-60(87(7,8)9)44-61(42-57)88(10,11)12)43-80(74)96(82)67-47-62(89(13,14)15)45-63(48-67)90(16,17)18/h25-55H,1-24H3. The van der Waals surface area contributed by atoms with Crippen molar-refractivity contribution in [1.29, 1.82) is 0 Å². The quantitative estimate of drug-likeness (QED) is 0.160. The molecule has 2 aliphatic heterocycles. The van der Waals surface area contributed by atoms with Crippen LogP contribution in [0.1, 0.15) is 211 Å². The molecule has 494 valence electrons. The second-order valence-electron chi connectivity index (χ2n) is 37.0. The zero-order valence-electron chi connectivity index (χ0n) is 62.8. The Bertz CT molecular complexity index is 4970. The maximum Gasteiger partial charge on any atom is 0.252 e. The minimum atomic E-state index is -0.161. The number of hydrogen-bond donors (Lipinski definition) is 0. The van der Waals surface area contributed by atoms with Gasteiger partial charge < -0.3 is 18.9 Å². The number of hydrogen-bond acceptors (Lipinski definition) is 2. The summed E-state index contributed by atoms with van der Waals surface area (Å²) in [4.78, 5) is 5.41. The molecule has 0 amide bonds. The predicted molar refractivity (Wildman–Crippen MR) is 424 cm³/mol. The Hall–Kier alpha value is -8.54. The summed E-state index contributed by atoms with van der Waals surface area (Å²) in [5, 5.41) is 5.05. The highest BCUT2D eigenvalue weighted by Gasteiger charge is 2.45. The third-order valence-electron chi connectivity index (χ3n) is 21.4. The first-order chi connectivity index (χ1) is 45.1.